The van der Waals surface area contributed by atoms with E-state index >= 15 is 0 Å². The third-order valence-corrected chi connectivity index (χ3v) is 6.55. The van der Waals surface area contributed by atoms with Crippen LogP contribution in [0.1, 0.15) is 18.7 Å². The zero-order valence-corrected chi connectivity index (χ0v) is 20.8. The van der Waals surface area contributed by atoms with Gasteiger partial charge in [-0.3, -0.25) is 9.13 Å². The molecule has 0 fully saturated rings. The van der Waals surface area contributed by atoms with Crippen molar-refractivity contribution in [2.24, 2.45) is 7.05 Å². The second-order valence-electron chi connectivity index (χ2n) is 8.19. The number of pyridine rings is 2. The summed E-state index contributed by atoms with van der Waals surface area (Å²) in [7, 11) is -0.641. The highest BCUT2D eigenvalue weighted by Crippen LogP contribution is 2.31. The van der Waals surface area contributed by atoms with Gasteiger partial charge in [-0.2, -0.15) is 0 Å². The molecule has 3 aromatic heterocycles. The SMILES string of the molecule is CCOc1nc([C@@H](CS(C)(=O)=O)n2c(=O)n(C)c3cc(-c4ccc(F)cc4F)cnc32)ccc1OC. The number of methoxy groups -OCH3 is 1. The Bertz CT molecular complexity index is 1620. The highest BCUT2D eigenvalue weighted by Gasteiger charge is 2.28. The molecule has 0 saturated heterocycles. The van der Waals surface area contributed by atoms with Crippen LogP contribution in [-0.4, -0.2) is 53.2 Å². The van der Waals surface area contributed by atoms with Gasteiger partial charge < -0.3 is 9.47 Å². The maximum Gasteiger partial charge on any atom is 0.330 e. The molecule has 12 heteroatoms. The van der Waals surface area contributed by atoms with Crippen molar-refractivity contribution in [1.29, 1.82) is 0 Å². The van der Waals surface area contributed by atoms with Crippen LogP contribution in [0.15, 0.2) is 47.4 Å². The molecule has 0 aliphatic heterocycles. The van der Waals surface area contributed by atoms with Crippen LogP contribution in [0.4, 0.5) is 8.78 Å². The fraction of sp³-hybridized carbons (Fsp3) is 0.292. The minimum absolute atomic E-state index is 0.108. The number of sulfone groups is 1. The highest BCUT2D eigenvalue weighted by atomic mass is 32.2. The van der Waals surface area contributed by atoms with Crippen molar-refractivity contribution < 1.29 is 26.7 Å². The van der Waals surface area contributed by atoms with E-state index in [1.165, 1.54) is 35.6 Å². The van der Waals surface area contributed by atoms with E-state index in [0.29, 0.717) is 23.4 Å². The lowest BCUT2D eigenvalue weighted by Gasteiger charge is -2.19. The first kappa shape index (κ1) is 25.3. The summed E-state index contributed by atoms with van der Waals surface area (Å²) >= 11 is 0. The third-order valence-electron chi connectivity index (χ3n) is 5.63. The van der Waals surface area contributed by atoms with E-state index in [0.717, 1.165) is 18.4 Å². The van der Waals surface area contributed by atoms with E-state index in [9.17, 15) is 22.0 Å². The summed E-state index contributed by atoms with van der Waals surface area (Å²) < 4.78 is 65.8. The molecule has 36 heavy (non-hydrogen) atoms. The summed E-state index contributed by atoms with van der Waals surface area (Å²) in [4.78, 5) is 22.2. The summed E-state index contributed by atoms with van der Waals surface area (Å²) in [5, 5.41) is 0. The molecule has 4 aromatic rings. The van der Waals surface area contributed by atoms with Crippen LogP contribution < -0.4 is 15.2 Å². The molecule has 0 radical (unpaired) electrons. The lowest BCUT2D eigenvalue weighted by atomic mass is 10.1. The summed E-state index contributed by atoms with van der Waals surface area (Å²) in [5.41, 5.74) is 0.662. The Morgan fingerprint density at radius 1 is 1.14 bits per heavy atom. The molecule has 0 aliphatic rings. The van der Waals surface area contributed by atoms with Gasteiger partial charge in [-0.1, -0.05) is 0 Å². The largest absolute Gasteiger partial charge is 0.491 e. The lowest BCUT2D eigenvalue weighted by molar-refractivity contribution is 0.296. The zero-order valence-electron chi connectivity index (χ0n) is 20.0. The Labute approximate surface area is 205 Å². The number of hydrogen-bond acceptors (Lipinski definition) is 7. The maximum absolute atomic E-state index is 14.4. The number of fused-ring (bicyclic) bond motifs is 1. The Kier molecular flexibility index (Phi) is 6.81. The summed E-state index contributed by atoms with van der Waals surface area (Å²) in [6.45, 7) is 2.06. The maximum atomic E-state index is 14.4. The topological polar surface area (TPSA) is 105 Å². The molecule has 1 atom stereocenters. The second kappa shape index (κ2) is 9.69. The fourth-order valence-electron chi connectivity index (χ4n) is 3.99. The van der Waals surface area contributed by atoms with E-state index in [2.05, 4.69) is 9.97 Å². The first-order chi connectivity index (χ1) is 17.0. The van der Waals surface area contributed by atoms with Crippen molar-refractivity contribution in [2.45, 2.75) is 13.0 Å². The van der Waals surface area contributed by atoms with Crippen LogP contribution in [-0.2, 0) is 16.9 Å². The van der Waals surface area contributed by atoms with Gasteiger partial charge in [0.2, 0.25) is 0 Å². The Balaban J connectivity index is 1.93. The van der Waals surface area contributed by atoms with Gasteiger partial charge in [-0.15, -0.1) is 0 Å². The normalized spacial score (nSPS) is 12.6. The predicted octanol–water partition coefficient (Wildman–Crippen LogP) is 3.12. The van der Waals surface area contributed by atoms with Crippen molar-refractivity contribution in [3.8, 4) is 22.8 Å². The monoisotopic (exact) mass is 518 g/mol. The summed E-state index contributed by atoms with van der Waals surface area (Å²) in [6, 6.07) is 6.82. The first-order valence-corrected chi connectivity index (χ1v) is 13.0. The van der Waals surface area contributed by atoms with Gasteiger partial charge in [0.1, 0.15) is 21.5 Å². The number of aryl methyl sites for hydroxylation is 1. The summed E-state index contributed by atoms with van der Waals surface area (Å²) in [6.07, 6.45) is 2.41. The zero-order chi connectivity index (χ0) is 26.2. The third kappa shape index (κ3) is 4.81. The second-order valence-corrected chi connectivity index (χ2v) is 10.4. The number of halogens is 2. The molecule has 0 N–H and O–H groups in total. The molecule has 190 valence electrons. The van der Waals surface area contributed by atoms with E-state index in [4.69, 9.17) is 9.47 Å². The average Bonchev–Trinajstić information content (AvgIpc) is 3.06. The van der Waals surface area contributed by atoms with Gasteiger partial charge >= 0.3 is 5.69 Å². The van der Waals surface area contributed by atoms with E-state index in [-0.39, 0.29) is 22.8 Å². The standard InChI is InChI=1S/C24H24F2N4O5S/c1-5-35-23-21(34-3)9-8-18(28-23)20(13-36(4,32)33)30-22-19(29(2)24(30)31)10-14(12-27-22)16-7-6-15(25)11-17(16)26/h6-12,20H,5,13H2,1-4H3/t20-/m1/s1. The number of nitrogens with zero attached hydrogens (tertiary/aromatic N) is 4. The number of hydrogen-bond donors (Lipinski definition) is 0. The number of ether oxygens (including phenoxy) is 2. The van der Waals surface area contributed by atoms with Gasteiger partial charge in [0.15, 0.2) is 11.4 Å². The van der Waals surface area contributed by atoms with Gasteiger partial charge in [-0.25, -0.2) is 32.0 Å². The minimum atomic E-state index is -3.59. The fourth-order valence-corrected chi connectivity index (χ4v) is 4.88. The Morgan fingerprint density at radius 2 is 1.89 bits per heavy atom. The molecule has 1 aromatic carbocycles. The molecule has 0 aliphatic carbocycles. The van der Waals surface area contributed by atoms with Crippen LogP contribution in [0.25, 0.3) is 22.3 Å². The van der Waals surface area contributed by atoms with Gasteiger partial charge in [-0.05, 0) is 37.3 Å². The van der Waals surface area contributed by atoms with E-state index in [1.807, 2.05) is 0 Å². The molecular formula is C24H24F2N4O5S. The Morgan fingerprint density at radius 3 is 2.53 bits per heavy atom. The predicted molar refractivity (Wildman–Crippen MR) is 130 cm³/mol. The van der Waals surface area contributed by atoms with Crippen LogP contribution in [0.2, 0.25) is 0 Å². The molecule has 0 saturated carbocycles. The molecule has 4 rings (SSSR count). The van der Waals surface area contributed by atoms with Crippen molar-refractivity contribution >= 4 is 21.0 Å². The first-order valence-electron chi connectivity index (χ1n) is 10.9. The van der Waals surface area contributed by atoms with Gasteiger partial charge in [0.25, 0.3) is 5.88 Å². The van der Waals surface area contributed by atoms with Crippen molar-refractivity contribution in [3.63, 3.8) is 0 Å². The minimum Gasteiger partial charge on any atom is -0.491 e. The highest BCUT2D eigenvalue weighted by molar-refractivity contribution is 7.90. The molecule has 0 bridgehead atoms. The molecular weight excluding hydrogens is 494 g/mol. The van der Waals surface area contributed by atoms with Gasteiger partial charge in [0, 0.05) is 36.7 Å². The molecule has 3 heterocycles. The summed E-state index contributed by atoms with van der Waals surface area (Å²) in [5.74, 6) is -1.42. The van der Waals surface area contributed by atoms with Crippen LogP contribution in [0.5, 0.6) is 11.6 Å². The molecule has 9 nitrogen and oxygen atoms in total. The van der Waals surface area contributed by atoms with Crippen LogP contribution in [0, 0.1) is 11.6 Å². The quantitative estimate of drug-likeness (QED) is 0.353. The van der Waals surface area contributed by atoms with Crippen LogP contribution in [0.3, 0.4) is 0 Å². The number of aromatic nitrogens is 4. The van der Waals surface area contributed by atoms with E-state index in [1.54, 1.807) is 25.1 Å². The average molecular weight is 519 g/mol. The van der Waals surface area contributed by atoms with Crippen molar-refractivity contribution in [2.75, 3.05) is 25.7 Å². The molecule has 0 unspecified atom stereocenters. The smallest absolute Gasteiger partial charge is 0.330 e. The Hall–Kier alpha value is -3.80. The van der Waals surface area contributed by atoms with Gasteiger partial charge in [0.05, 0.1) is 36.7 Å². The molecule has 0 spiro atoms. The van der Waals surface area contributed by atoms with Crippen LogP contribution >= 0.6 is 0 Å². The number of imidazole rings is 1. The number of rotatable bonds is 8. The van der Waals surface area contributed by atoms with Crippen molar-refractivity contribution in [3.05, 3.63) is 70.4 Å². The number of benzene rings is 1. The van der Waals surface area contributed by atoms with E-state index < -0.39 is 39.0 Å². The van der Waals surface area contributed by atoms with Crippen molar-refractivity contribution in [1.82, 2.24) is 19.1 Å². The lowest BCUT2D eigenvalue weighted by Crippen LogP contribution is -2.31. The molecule has 0 amide bonds.